The van der Waals surface area contributed by atoms with Crippen LogP contribution in [0, 0.1) is 11.6 Å². The molecule has 0 bridgehead atoms. The van der Waals surface area contributed by atoms with Gasteiger partial charge in [-0.05, 0) is 11.6 Å². The molecule has 0 amide bonds. The molecule has 1 N–H and O–H groups in total. The highest BCUT2D eigenvalue weighted by molar-refractivity contribution is 7.99. The lowest BCUT2D eigenvalue weighted by atomic mass is 9.93. The van der Waals surface area contributed by atoms with Crippen molar-refractivity contribution in [1.82, 2.24) is 24.3 Å². The highest BCUT2D eigenvalue weighted by atomic mass is 32.2. The fraction of sp³-hybridized carbons (Fsp3) is 0.312. The van der Waals surface area contributed by atoms with Crippen LogP contribution in [0.2, 0.25) is 0 Å². The average Bonchev–Trinajstić information content (AvgIpc) is 3.22. The molecule has 2 aromatic heterocycles. The number of benzene rings is 1. The van der Waals surface area contributed by atoms with E-state index in [4.69, 9.17) is 0 Å². The maximum atomic E-state index is 14.4. The monoisotopic (exact) mass is 365 g/mol. The van der Waals surface area contributed by atoms with Gasteiger partial charge >= 0.3 is 0 Å². The Hall–Kier alpha value is -2.26. The predicted octanol–water partition coefficient (Wildman–Crippen LogP) is 2.75. The average molecular weight is 365 g/mol. The standard InChI is InChI=1S/C16H17F2N5OS/c1-10(25-16-20-5-6-22(16)2)14(15(24)23-9-19-8-21-23)12-4-3-11(17)7-13(12)18/h3-10,14-15,24H,1-2H3. The van der Waals surface area contributed by atoms with E-state index in [1.165, 1.54) is 41.2 Å². The maximum absolute atomic E-state index is 14.4. The van der Waals surface area contributed by atoms with Crippen LogP contribution in [0.1, 0.15) is 24.6 Å². The number of aryl methyl sites for hydroxylation is 1. The zero-order valence-electron chi connectivity index (χ0n) is 13.6. The van der Waals surface area contributed by atoms with Crippen LogP contribution < -0.4 is 0 Å². The van der Waals surface area contributed by atoms with Gasteiger partial charge in [-0.2, -0.15) is 5.10 Å². The van der Waals surface area contributed by atoms with Gasteiger partial charge in [0.1, 0.15) is 24.3 Å². The number of imidazole rings is 1. The summed E-state index contributed by atoms with van der Waals surface area (Å²) in [6, 6.07) is 3.34. The smallest absolute Gasteiger partial charge is 0.167 e. The summed E-state index contributed by atoms with van der Waals surface area (Å²) >= 11 is 1.39. The van der Waals surface area contributed by atoms with Crippen molar-refractivity contribution in [3.05, 3.63) is 60.4 Å². The van der Waals surface area contributed by atoms with Gasteiger partial charge in [0.05, 0.1) is 0 Å². The third kappa shape index (κ3) is 3.72. The van der Waals surface area contributed by atoms with Gasteiger partial charge in [-0.3, -0.25) is 0 Å². The molecule has 0 aliphatic rings. The number of aliphatic hydroxyl groups is 1. The minimum atomic E-state index is -1.16. The molecular weight excluding hydrogens is 348 g/mol. The van der Waals surface area contributed by atoms with Crippen LogP contribution in [-0.2, 0) is 7.05 Å². The van der Waals surface area contributed by atoms with Crippen molar-refractivity contribution < 1.29 is 13.9 Å². The number of halogens is 2. The van der Waals surface area contributed by atoms with Gasteiger partial charge in [0.25, 0.3) is 0 Å². The number of hydrogen-bond acceptors (Lipinski definition) is 5. The van der Waals surface area contributed by atoms with Gasteiger partial charge < -0.3 is 9.67 Å². The Bertz CT molecular complexity index is 839. The molecule has 3 unspecified atom stereocenters. The third-order valence-electron chi connectivity index (χ3n) is 3.92. The summed E-state index contributed by atoms with van der Waals surface area (Å²) in [4.78, 5) is 8.07. The van der Waals surface area contributed by atoms with Crippen molar-refractivity contribution in [3.63, 3.8) is 0 Å². The van der Waals surface area contributed by atoms with E-state index in [1.807, 2.05) is 18.5 Å². The van der Waals surface area contributed by atoms with Crippen LogP contribution in [0.5, 0.6) is 0 Å². The second-order valence-corrected chi connectivity index (χ2v) is 6.97. The SMILES string of the molecule is CC(Sc1nccn1C)C(c1ccc(F)cc1F)C(O)n1cncn1. The summed E-state index contributed by atoms with van der Waals surface area (Å²) in [6.45, 7) is 1.85. The van der Waals surface area contributed by atoms with Gasteiger partial charge in [-0.15, -0.1) is 0 Å². The second kappa shape index (κ2) is 7.32. The van der Waals surface area contributed by atoms with Crippen molar-refractivity contribution in [2.45, 2.75) is 29.5 Å². The van der Waals surface area contributed by atoms with E-state index in [0.29, 0.717) is 0 Å². The Morgan fingerprint density at radius 1 is 1.28 bits per heavy atom. The van der Waals surface area contributed by atoms with Gasteiger partial charge in [0.15, 0.2) is 11.4 Å². The van der Waals surface area contributed by atoms with E-state index in [0.717, 1.165) is 11.2 Å². The van der Waals surface area contributed by atoms with E-state index in [9.17, 15) is 13.9 Å². The molecule has 6 nitrogen and oxygen atoms in total. The van der Waals surface area contributed by atoms with E-state index < -0.39 is 23.8 Å². The first-order chi connectivity index (χ1) is 12.0. The molecule has 0 fully saturated rings. The molecule has 1 aromatic carbocycles. The number of aromatic nitrogens is 5. The molecule has 25 heavy (non-hydrogen) atoms. The molecule has 0 saturated heterocycles. The molecule has 2 heterocycles. The van der Waals surface area contributed by atoms with Gasteiger partial charge in [-0.25, -0.2) is 23.4 Å². The molecule has 132 valence electrons. The molecule has 3 rings (SSSR count). The number of aliphatic hydroxyl groups excluding tert-OH is 1. The lowest BCUT2D eigenvalue weighted by molar-refractivity contribution is 0.0599. The van der Waals surface area contributed by atoms with Gasteiger partial charge in [0, 0.05) is 36.7 Å². The minimum absolute atomic E-state index is 0.207. The van der Waals surface area contributed by atoms with Gasteiger partial charge in [0.2, 0.25) is 0 Å². The second-order valence-electron chi connectivity index (χ2n) is 5.62. The Balaban J connectivity index is 1.97. The summed E-state index contributed by atoms with van der Waals surface area (Å²) < 4.78 is 30.8. The Labute approximate surface area is 147 Å². The predicted molar refractivity (Wildman–Crippen MR) is 88.9 cm³/mol. The molecule has 0 spiro atoms. The molecule has 0 aliphatic heterocycles. The van der Waals surface area contributed by atoms with Crippen LogP contribution in [0.3, 0.4) is 0 Å². The van der Waals surface area contributed by atoms with Crippen molar-refractivity contribution in [2.75, 3.05) is 0 Å². The lowest BCUT2D eigenvalue weighted by Crippen LogP contribution is -2.26. The van der Waals surface area contributed by atoms with E-state index in [-0.39, 0.29) is 10.8 Å². The van der Waals surface area contributed by atoms with E-state index in [1.54, 1.807) is 12.4 Å². The molecule has 0 radical (unpaired) electrons. The highest BCUT2D eigenvalue weighted by Crippen LogP contribution is 2.39. The quantitative estimate of drug-likeness (QED) is 0.681. The largest absolute Gasteiger partial charge is 0.371 e. The van der Waals surface area contributed by atoms with Crippen LogP contribution in [0.4, 0.5) is 8.78 Å². The summed E-state index contributed by atoms with van der Waals surface area (Å²) in [6.07, 6.45) is 4.95. The summed E-state index contributed by atoms with van der Waals surface area (Å²) in [7, 11) is 1.85. The topological polar surface area (TPSA) is 68.8 Å². The first-order valence-electron chi connectivity index (χ1n) is 7.58. The van der Waals surface area contributed by atoms with Gasteiger partial charge in [-0.1, -0.05) is 24.8 Å². The zero-order chi connectivity index (χ0) is 18.0. The van der Waals surface area contributed by atoms with E-state index in [2.05, 4.69) is 15.1 Å². The summed E-state index contributed by atoms with van der Waals surface area (Å²) in [5, 5.41) is 15.1. The zero-order valence-corrected chi connectivity index (χ0v) is 14.4. The normalized spacial score (nSPS) is 15.1. The number of nitrogens with zero attached hydrogens (tertiary/aromatic N) is 5. The molecule has 3 aromatic rings. The lowest BCUT2D eigenvalue weighted by Gasteiger charge is -2.28. The van der Waals surface area contributed by atoms with Crippen molar-refractivity contribution in [1.29, 1.82) is 0 Å². The van der Waals surface area contributed by atoms with Crippen LogP contribution in [-0.4, -0.2) is 34.7 Å². The Morgan fingerprint density at radius 2 is 2.08 bits per heavy atom. The maximum Gasteiger partial charge on any atom is 0.167 e. The molecule has 0 aliphatic carbocycles. The third-order valence-corrected chi connectivity index (χ3v) is 5.19. The Kier molecular flexibility index (Phi) is 5.14. The number of rotatable bonds is 6. The molecule has 0 saturated carbocycles. The minimum Gasteiger partial charge on any atom is -0.371 e. The summed E-state index contributed by atoms with van der Waals surface area (Å²) in [5.41, 5.74) is 0.207. The number of thioether (sulfide) groups is 1. The van der Waals surface area contributed by atoms with Crippen molar-refractivity contribution >= 4 is 11.8 Å². The fourth-order valence-corrected chi connectivity index (χ4v) is 3.77. The van der Waals surface area contributed by atoms with Crippen LogP contribution in [0.15, 0.2) is 48.4 Å². The van der Waals surface area contributed by atoms with Crippen molar-refractivity contribution in [2.24, 2.45) is 7.05 Å². The fourth-order valence-electron chi connectivity index (χ4n) is 2.65. The van der Waals surface area contributed by atoms with Crippen molar-refractivity contribution in [3.8, 4) is 0 Å². The first kappa shape index (κ1) is 17.6. The molecule has 9 heteroatoms. The van der Waals surface area contributed by atoms with Crippen LogP contribution in [0.25, 0.3) is 0 Å². The summed E-state index contributed by atoms with van der Waals surface area (Å²) in [5.74, 6) is -2.07. The number of hydrogen-bond donors (Lipinski definition) is 1. The highest BCUT2D eigenvalue weighted by Gasteiger charge is 2.32. The van der Waals surface area contributed by atoms with E-state index >= 15 is 0 Å². The molecule has 3 atom stereocenters. The first-order valence-corrected chi connectivity index (χ1v) is 8.46. The Morgan fingerprint density at radius 3 is 2.68 bits per heavy atom. The molecular formula is C16H17F2N5OS. The van der Waals surface area contributed by atoms with Crippen LogP contribution >= 0.6 is 11.8 Å².